The van der Waals surface area contributed by atoms with E-state index >= 15 is 0 Å². The minimum absolute atomic E-state index is 0.0289. The van der Waals surface area contributed by atoms with Crippen LogP contribution in [-0.4, -0.2) is 46.5 Å². The Morgan fingerprint density at radius 3 is 2.37 bits per heavy atom. The van der Waals surface area contributed by atoms with E-state index in [1.54, 1.807) is 6.92 Å². The fraction of sp³-hybridized carbons (Fsp3) is 0.750. The average molecular weight is 271 g/mol. The molecule has 19 heavy (non-hydrogen) atoms. The van der Waals surface area contributed by atoms with Crippen LogP contribution in [0.1, 0.15) is 39.0 Å². The van der Waals surface area contributed by atoms with Crippen LogP contribution >= 0.6 is 0 Å². The van der Waals surface area contributed by atoms with Crippen LogP contribution in [0.3, 0.4) is 0 Å². The maximum absolute atomic E-state index is 12.1. The first-order valence-electron chi connectivity index (χ1n) is 6.54. The van der Waals surface area contributed by atoms with Crippen LogP contribution in [0.15, 0.2) is 0 Å². The molecule has 1 saturated carbocycles. The lowest BCUT2D eigenvalue weighted by Gasteiger charge is -2.29. The number of aliphatic carboxylic acids is 1. The summed E-state index contributed by atoms with van der Waals surface area (Å²) in [5.74, 6) is -1.67. The predicted octanol–water partition coefficient (Wildman–Crippen LogP) is 0.289. The van der Waals surface area contributed by atoms with Crippen molar-refractivity contribution in [2.75, 3.05) is 6.54 Å². The van der Waals surface area contributed by atoms with E-state index in [1.807, 2.05) is 0 Å². The number of urea groups is 1. The van der Waals surface area contributed by atoms with Gasteiger partial charge in [0.25, 0.3) is 0 Å². The first-order chi connectivity index (χ1) is 8.95. The van der Waals surface area contributed by atoms with Crippen LogP contribution in [0, 0.1) is 0 Å². The van der Waals surface area contributed by atoms with Crippen LogP contribution < -0.4 is 11.1 Å². The van der Waals surface area contributed by atoms with Gasteiger partial charge < -0.3 is 21.1 Å². The van der Waals surface area contributed by atoms with Gasteiger partial charge in [-0.15, -0.1) is 0 Å². The number of nitrogens with two attached hydrogens (primary N) is 1. The Bertz CT molecular complexity index is 353. The van der Waals surface area contributed by atoms with Crippen LogP contribution in [-0.2, 0) is 9.59 Å². The smallest absolute Gasteiger partial charge is 0.326 e. The van der Waals surface area contributed by atoms with Gasteiger partial charge in [-0.05, 0) is 19.3 Å². The number of rotatable bonds is 6. The second kappa shape index (κ2) is 6.96. The third kappa shape index (κ3) is 4.42. The highest BCUT2D eigenvalue weighted by atomic mass is 16.4. The summed E-state index contributed by atoms with van der Waals surface area (Å²) in [6, 6.07) is -1.50. The molecule has 3 amide bonds. The van der Waals surface area contributed by atoms with Crippen LogP contribution in [0.5, 0.6) is 0 Å². The molecule has 0 saturated heterocycles. The Labute approximate surface area is 112 Å². The molecule has 0 aromatic carbocycles. The van der Waals surface area contributed by atoms with E-state index in [1.165, 1.54) is 4.90 Å². The van der Waals surface area contributed by atoms with E-state index in [-0.39, 0.29) is 19.0 Å². The topological polar surface area (TPSA) is 113 Å². The van der Waals surface area contributed by atoms with E-state index in [0.29, 0.717) is 0 Å². The normalized spacial score (nSPS) is 16.9. The fourth-order valence-corrected chi connectivity index (χ4v) is 2.32. The zero-order valence-corrected chi connectivity index (χ0v) is 11.1. The Hall–Kier alpha value is -1.79. The molecular formula is C12H21N3O4. The van der Waals surface area contributed by atoms with Gasteiger partial charge in [-0.1, -0.05) is 19.8 Å². The summed E-state index contributed by atoms with van der Waals surface area (Å²) in [4.78, 5) is 35.4. The van der Waals surface area contributed by atoms with E-state index in [4.69, 9.17) is 10.8 Å². The summed E-state index contributed by atoms with van der Waals surface area (Å²) in [6.45, 7) is 1.50. The molecule has 1 atom stereocenters. The Morgan fingerprint density at radius 2 is 1.95 bits per heavy atom. The number of hydrogen-bond acceptors (Lipinski definition) is 3. The number of carbonyl (C=O) groups excluding carboxylic acids is 2. The second-order valence-corrected chi connectivity index (χ2v) is 4.78. The largest absolute Gasteiger partial charge is 0.480 e. The van der Waals surface area contributed by atoms with E-state index < -0.39 is 23.9 Å². The zero-order valence-electron chi connectivity index (χ0n) is 11.1. The molecule has 0 spiro atoms. The number of primary amides is 1. The van der Waals surface area contributed by atoms with Gasteiger partial charge in [-0.3, -0.25) is 4.79 Å². The van der Waals surface area contributed by atoms with Crippen molar-refractivity contribution in [1.82, 2.24) is 10.2 Å². The van der Waals surface area contributed by atoms with Gasteiger partial charge in [0, 0.05) is 6.04 Å². The average Bonchev–Trinajstić information content (AvgIpc) is 2.85. The summed E-state index contributed by atoms with van der Waals surface area (Å²) >= 11 is 0. The first-order valence-corrected chi connectivity index (χ1v) is 6.54. The second-order valence-electron chi connectivity index (χ2n) is 4.78. The minimum Gasteiger partial charge on any atom is -0.480 e. The Balaban J connectivity index is 2.70. The number of carboxylic acid groups (broad SMARTS) is 1. The monoisotopic (exact) mass is 271 g/mol. The molecule has 0 aromatic heterocycles. The summed E-state index contributed by atoms with van der Waals surface area (Å²) in [7, 11) is 0. The quantitative estimate of drug-likeness (QED) is 0.644. The predicted molar refractivity (Wildman–Crippen MR) is 68.4 cm³/mol. The van der Waals surface area contributed by atoms with Gasteiger partial charge in [-0.2, -0.15) is 0 Å². The van der Waals surface area contributed by atoms with Gasteiger partial charge in [0.1, 0.15) is 12.6 Å². The summed E-state index contributed by atoms with van der Waals surface area (Å²) in [6.07, 6.45) is 3.94. The summed E-state index contributed by atoms with van der Waals surface area (Å²) < 4.78 is 0. The molecule has 4 N–H and O–H groups in total. The molecule has 1 fully saturated rings. The highest BCUT2D eigenvalue weighted by Crippen LogP contribution is 2.23. The lowest BCUT2D eigenvalue weighted by Crippen LogP contribution is -2.52. The molecule has 108 valence electrons. The number of carboxylic acids is 1. The molecule has 0 bridgehead atoms. The summed E-state index contributed by atoms with van der Waals surface area (Å²) in [5.41, 5.74) is 5.14. The maximum Gasteiger partial charge on any atom is 0.326 e. The minimum atomic E-state index is -1.08. The third-order valence-corrected chi connectivity index (χ3v) is 3.36. The van der Waals surface area contributed by atoms with E-state index in [0.717, 1.165) is 25.7 Å². The van der Waals surface area contributed by atoms with Gasteiger partial charge >= 0.3 is 12.0 Å². The number of nitrogens with one attached hydrogen (secondary N) is 1. The van der Waals surface area contributed by atoms with Gasteiger partial charge in [0.05, 0.1) is 0 Å². The van der Waals surface area contributed by atoms with Crippen molar-refractivity contribution in [2.24, 2.45) is 5.73 Å². The number of nitrogens with zero attached hydrogens (tertiary/aromatic N) is 1. The molecular weight excluding hydrogens is 250 g/mol. The highest BCUT2D eigenvalue weighted by molar-refractivity contribution is 5.86. The van der Waals surface area contributed by atoms with Crippen molar-refractivity contribution in [3.8, 4) is 0 Å². The lowest BCUT2D eigenvalue weighted by molar-refractivity contribution is -0.139. The Kier molecular flexibility index (Phi) is 5.59. The van der Waals surface area contributed by atoms with Crippen LogP contribution in [0.4, 0.5) is 4.79 Å². The van der Waals surface area contributed by atoms with Crippen molar-refractivity contribution >= 4 is 17.9 Å². The van der Waals surface area contributed by atoms with Gasteiger partial charge in [0.15, 0.2) is 0 Å². The van der Waals surface area contributed by atoms with Crippen molar-refractivity contribution in [3.63, 3.8) is 0 Å². The zero-order chi connectivity index (χ0) is 14.4. The Morgan fingerprint density at radius 1 is 1.37 bits per heavy atom. The highest BCUT2D eigenvalue weighted by Gasteiger charge is 2.29. The van der Waals surface area contributed by atoms with Gasteiger partial charge in [0.2, 0.25) is 5.91 Å². The van der Waals surface area contributed by atoms with Crippen LogP contribution in [0.2, 0.25) is 0 Å². The van der Waals surface area contributed by atoms with Crippen molar-refractivity contribution in [2.45, 2.75) is 51.1 Å². The van der Waals surface area contributed by atoms with E-state index in [9.17, 15) is 14.4 Å². The number of carbonyl (C=O) groups is 3. The summed E-state index contributed by atoms with van der Waals surface area (Å²) in [5, 5.41) is 11.4. The molecule has 0 aliphatic heterocycles. The van der Waals surface area contributed by atoms with E-state index in [2.05, 4.69) is 5.32 Å². The molecule has 0 unspecified atom stereocenters. The SMILES string of the molecule is CC[C@H](NC(=O)N(CC(N)=O)C1CCCC1)C(=O)O. The van der Waals surface area contributed by atoms with Crippen molar-refractivity contribution in [1.29, 1.82) is 0 Å². The van der Waals surface area contributed by atoms with Crippen LogP contribution in [0.25, 0.3) is 0 Å². The van der Waals surface area contributed by atoms with Gasteiger partial charge in [-0.25, -0.2) is 9.59 Å². The number of amides is 3. The van der Waals surface area contributed by atoms with Crippen molar-refractivity contribution in [3.05, 3.63) is 0 Å². The van der Waals surface area contributed by atoms with Crippen molar-refractivity contribution < 1.29 is 19.5 Å². The fourth-order valence-electron chi connectivity index (χ4n) is 2.32. The molecule has 0 heterocycles. The lowest BCUT2D eigenvalue weighted by atomic mass is 10.2. The molecule has 1 aliphatic carbocycles. The first kappa shape index (κ1) is 15.3. The third-order valence-electron chi connectivity index (χ3n) is 3.36. The number of hydrogen-bond donors (Lipinski definition) is 3. The standard InChI is InChI=1S/C12H21N3O4/c1-2-9(11(17)18)14-12(19)15(7-10(13)16)8-5-3-4-6-8/h8-9H,2-7H2,1H3,(H2,13,16)(H,14,19)(H,17,18)/t9-/m0/s1. The molecule has 0 aromatic rings. The molecule has 7 nitrogen and oxygen atoms in total. The molecule has 7 heteroatoms. The maximum atomic E-state index is 12.1. The molecule has 0 radical (unpaired) electrons. The molecule has 1 rings (SSSR count). The molecule has 1 aliphatic rings.